The van der Waals surface area contributed by atoms with Gasteiger partial charge in [-0.25, -0.2) is 4.79 Å². The zero-order valence-corrected chi connectivity index (χ0v) is 19.3. The Morgan fingerprint density at radius 2 is 1.52 bits per heavy atom. The van der Waals surface area contributed by atoms with Gasteiger partial charge < -0.3 is 14.2 Å². The summed E-state index contributed by atoms with van der Waals surface area (Å²) in [5.41, 5.74) is 3.31. The molecule has 0 atom stereocenters. The van der Waals surface area contributed by atoms with E-state index in [1.165, 1.54) is 12.1 Å². The molecule has 2 aromatic heterocycles. The molecule has 4 aromatic rings. The maximum absolute atomic E-state index is 12.6. The van der Waals surface area contributed by atoms with Crippen molar-refractivity contribution in [3.63, 3.8) is 0 Å². The first-order valence-corrected chi connectivity index (χ1v) is 10.7. The molecule has 0 aliphatic rings. The van der Waals surface area contributed by atoms with Gasteiger partial charge in [-0.05, 0) is 56.5 Å². The minimum absolute atomic E-state index is 0.0692. The van der Waals surface area contributed by atoms with Crippen molar-refractivity contribution in [1.29, 1.82) is 0 Å². The van der Waals surface area contributed by atoms with Crippen molar-refractivity contribution >= 4 is 68.3 Å². The van der Waals surface area contributed by atoms with Gasteiger partial charge in [0.2, 0.25) is 5.91 Å². The molecule has 31 heavy (non-hydrogen) atoms. The number of halogens is 3. The Hall–Kier alpha value is -2.47. The highest BCUT2D eigenvalue weighted by molar-refractivity contribution is 6.44. The monoisotopic (exact) mass is 477 g/mol. The normalized spacial score (nSPS) is 11.4. The number of amides is 1. The molecule has 8 heteroatoms. The predicted molar refractivity (Wildman–Crippen MR) is 125 cm³/mol. The van der Waals surface area contributed by atoms with Crippen molar-refractivity contribution in [1.82, 2.24) is 0 Å². The fraction of sp³-hybridized carbons (Fsp3) is 0.217. The second-order valence-electron chi connectivity index (χ2n) is 7.42. The van der Waals surface area contributed by atoms with Gasteiger partial charge in [-0.3, -0.25) is 4.79 Å². The molecule has 4 rings (SSSR count). The highest BCUT2D eigenvalue weighted by atomic mass is 35.5. The number of benzene rings is 2. The summed E-state index contributed by atoms with van der Waals surface area (Å²) >= 11 is 18.0. The van der Waals surface area contributed by atoms with Gasteiger partial charge in [0.05, 0.1) is 20.8 Å². The molecule has 2 aromatic carbocycles. The standard InChI is InChI=1S/C23H18Cl3NO4/c1-10-12(3)30-20-9-21-15(6-14(10)20)11(2)13(23(29)31-21)4-5-22(28)27-19-8-17(25)16(24)7-18(19)26/h6-9H,4-5H2,1-3H3,(H,27,28). The van der Waals surface area contributed by atoms with Crippen LogP contribution in [0.1, 0.15) is 28.9 Å². The summed E-state index contributed by atoms with van der Waals surface area (Å²) < 4.78 is 11.3. The first-order valence-electron chi connectivity index (χ1n) is 9.56. The van der Waals surface area contributed by atoms with E-state index < -0.39 is 5.63 Å². The summed E-state index contributed by atoms with van der Waals surface area (Å²) in [5, 5.41) is 5.35. The third kappa shape index (κ3) is 4.05. The van der Waals surface area contributed by atoms with Crippen LogP contribution in [0.4, 0.5) is 5.69 Å². The molecule has 0 aliphatic carbocycles. The van der Waals surface area contributed by atoms with Crippen LogP contribution in [0.3, 0.4) is 0 Å². The molecule has 5 nitrogen and oxygen atoms in total. The van der Waals surface area contributed by atoms with Gasteiger partial charge in [0.15, 0.2) is 0 Å². The predicted octanol–water partition coefficient (Wildman–Crippen LogP) is 7.00. The lowest BCUT2D eigenvalue weighted by molar-refractivity contribution is -0.116. The lowest BCUT2D eigenvalue weighted by Crippen LogP contribution is -2.16. The zero-order chi connectivity index (χ0) is 22.4. The molecular weight excluding hydrogens is 461 g/mol. The average Bonchev–Trinajstić information content (AvgIpc) is 2.98. The van der Waals surface area contributed by atoms with Crippen LogP contribution in [0.25, 0.3) is 21.9 Å². The summed E-state index contributed by atoms with van der Waals surface area (Å²) in [7, 11) is 0. The van der Waals surface area contributed by atoms with E-state index in [1.54, 1.807) is 6.07 Å². The van der Waals surface area contributed by atoms with E-state index in [1.807, 2.05) is 26.8 Å². The Labute approximate surface area is 192 Å². The molecule has 0 saturated heterocycles. The number of hydrogen-bond acceptors (Lipinski definition) is 4. The Morgan fingerprint density at radius 3 is 2.26 bits per heavy atom. The van der Waals surface area contributed by atoms with E-state index in [0.717, 1.165) is 27.7 Å². The summed E-state index contributed by atoms with van der Waals surface area (Å²) in [5.74, 6) is 0.513. The second-order valence-corrected chi connectivity index (χ2v) is 8.64. The topological polar surface area (TPSA) is 72.5 Å². The molecule has 1 N–H and O–H groups in total. The number of carbonyl (C=O) groups is 1. The summed E-state index contributed by atoms with van der Waals surface area (Å²) in [6.45, 7) is 5.74. The fourth-order valence-corrected chi connectivity index (χ4v) is 4.18. The smallest absolute Gasteiger partial charge is 0.339 e. The molecule has 0 unspecified atom stereocenters. The second kappa shape index (κ2) is 8.23. The van der Waals surface area contributed by atoms with E-state index in [-0.39, 0.29) is 28.8 Å². The number of fused-ring (bicyclic) bond motifs is 2. The van der Waals surface area contributed by atoms with Crippen molar-refractivity contribution in [3.05, 3.63) is 72.2 Å². The van der Waals surface area contributed by atoms with E-state index in [9.17, 15) is 9.59 Å². The molecule has 0 fully saturated rings. The summed E-state index contributed by atoms with van der Waals surface area (Å²) in [6, 6.07) is 6.65. The van der Waals surface area contributed by atoms with Crippen LogP contribution in [-0.4, -0.2) is 5.91 Å². The Balaban J connectivity index is 1.61. The van der Waals surface area contributed by atoms with Crippen molar-refractivity contribution in [2.24, 2.45) is 0 Å². The molecule has 0 radical (unpaired) electrons. The highest BCUT2D eigenvalue weighted by Crippen LogP contribution is 2.33. The van der Waals surface area contributed by atoms with Crippen LogP contribution < -0.4 is 10.9 Å². The number of aryl methyl sites for hydroxylation is 3. The lowest BCUT2D eigenvalue weighted by atomic mass is 10.0. The number of hydrogen-bond donors (Lipinski definition) is 1. The third-order valence-electron chi connectivity index (χ3n) is 5.47. The van der Waals surface area contributed by atoms with Crippen LogP contribution in [0.5, 0.6) is 0 Å². The largest absolute Gasteiger partial charge is 0.461 e. The maximum Gasteiger partial charge on any atom is 0.339 e. The minimum Gasteiger partial charge on any atom is -0.461 e. The Morgan fingerprint density at radius 1 is 0.871 bits per heavy atom. The Kier molecular flexibility index (Phi) is 5.77. The van der Waals surface area contributed by atoms with Crippen molar-refractivity contribution in [2.45, 2.75) is 33.6 Å². The van der Waals surface area contributed by atoms with Crippen LogP contribution in [0.15, 0.2) is 37.9 Å². The summed E-state index contributed by atoms with van der Waals surface area (Å²) in [4.78, 5) is 25.0. The number of rotatable bonds is 4. The van der Waals surface area contributed by atoms with Crippen LogP contribution in [0, 0.1) is 20.8 Å². The van der Waals surface area contributed by atoms with Gasteiger partial charge in [-0.1, -0.05) is 34.8 Å². The van der Waals surface area contributed by atoms with E-state index >= 15 is 0 Å². The molecule has 160 valence electrons. The van der Waals surface area contributed by atoms with Crippen molar-refractivity contribution in [3.8, 4) is 0 Å². The van der Waals surface area contributed by atoms with Crippen molar-refractivity contribution in [2.75, 3.05) is 5.32 Å². The molecular formula is C23H18Cl3NO4. The zero-order valence-electron chi connectivity index (χ0n) is 17.0. The highest BCUT2D eigenvalue weighted by Gasteiger charge is 2.17. The molecule has 0 aliphatic heterocycles. The van der Waals surface area contributed by atoms with Gasteiger partial charge in [-0.2, -0.15) is 0 Å². The van der Waals surface area contributed by atoms with Crippen LogP contribution >= 0.6 is 34.8 Å². The van der Waals surface area contributed by atoms with Gasteiger partial charge in [0, 0.05) is 28.8 Å². The molecule has 0 saturated carbocycles. The van der Waals surface area contributed by atoms with Gasteiger partial charge >= 0.3 is 5.63 Å². The fourth-order valence-electron chi connectivity index (χ4n) is 3.58. The molecule has 1 amide bonds. The van der Waals surface area contributed by atoms with Gasteiger partial charge in [-0.15, -0.1) is 0 Å². The maximum atomic E-state index is 12.6. The van der Waals surface area contributed by atoms with E-state index in [2.05, 4.69) is 5.32 Å². The summed E-state index contributed by atoms with van der Waals surface area (Å²) in [6.07, 6.45) is 0.288. The first-order chi connectivity index (χ1) is 14.7. The molecule has 0 spiro atoms. The van der Waals surface area contributed by atoms with E-state index in [0.29, 0.717) is 27.4 Å². The average molecular weight is 479 g/mol. The quantitative estimate of drug-likeness (QED) is 0.253. The van der Waals surface area contributed by atoms with Crippen LogP contribution in [0.2, 0.25) is 15.1 Å². The van der Waals surface area contributed by atoms with E-state index in [4.69, 9.17) is 43.6 Å². The number of anilines is 1. The lowest BCUT2D eigenvalue weighted by Gasteiger charge is -2.10. The Bertz CT molecular complexity index is 1420. The number of carbonyl (C=O) groups excluding carboxylic acids is 1. The molecule has 0 bridgehead atoms. The first kappa shape index (κ1) is 21.8. The van der Waals surface area contributed by atoms with Gasteiger partial charge in [0.1, 0.15) is 16.9 Å². The third-order valence-corrected chi connectivity index (χ3v) is 6.50. The number of nitrogens with one attached hydrogen (secondary N) is 1. The van der Waals surface area contributed by atoms with Crippen LogP contribution in [-0.2, 0) is 11.2 Å². The van der Waals surface area contributed by atoms with Crippen molar-refractivity contribution < 1.29 is 13.6 Å². The minimum atomic E-state index is -0.468. The molecule has 2 heterocycles. The SMILES string of the molecule is Cc1oc2cc3oc(=O)c(CCC(=O)Nc4cc(Cl)c(Cl)cc4Cl)c(C)c3cc2c1C. The number of furan rings is 1. The van der Waals surface area contributed by atoms with Gasteiger partial charge in [0.25, 0.3) is 0 Å².